The average molecular weight is 267 g/mol. The van der Waals surface area contributed by atoms with Crippen LogP contribution in [0.1, 0.15) is 44.6 Å². The molecular formula is C16H26FNO. The molecule has 0 bridgehead atoms. The molecule has 0 radical (unpaired) electrons. The van der Waals surface area contributed by atoms with Gasteiger partial charge in [0.25, 0.3) is 0 Å². The number of nitrogens with one attached hydrogen (secondary N) is 1. The Morgan fingerprint density at radius 1 is 1.26 bits per heavy atom. The van der Waals surface area contributed by atoms with Crippen LogP contribution in [-0.2, 0) is 4.74 Å². The fourth-order valence-electron chi connectivity index (χ4n) is 2.04. The van der Waals surface area contributed by atoms with E-state index in [4.69, 9.17) is 4.74 Å². The van der Waals surface area contributed by atoms with E-state index < -0.39 is 0 Å². The first-order valence-electron chi connectivity index (χ1n) is 7.31. The number of ether oxygens (including phenoxy) is 1. The van der Waals surface area contributed by atoms with Crippen LogP contribution in [0.15, 0.2) is 24.3 Å². The average Bonchev–Trinajstić information content (AvgIpc) is 2.42. The summed E-state index contributed by atoms with van der Waals surface area (Å²) in [6, 6.07) is 6.90. The van der Waals surface area contributed by atoms with Gasteiger partial charge in [-0.1, -0.05) is 32.4 Å². The maximum Gasteiger partial charge on any atom is 0.123 e. The molecule has 1 aromatic carbocycles. The summed E-state index contributed by atoms with van der Waals surface area (Å²) < 4.78 is 18.9. The lowest BCUT2D eigenvalue weighted by Crippen LogP contribution is -2.22. The summed E-state index contributed by atoms with van der Waals surface area (Å²) in [6.07, 6.45) is 3.20. The minimum absolute atomic E-state index is 0.161. The van der Waals surface area contributed by atoms with Crippen molar-refractivity contribution in [2.75, 3.05) is 26.3 Å². The van der Waals surface area contributed by atoms with E-state index in [0.717, 1.165) is 51.1 Å². The Labute approximate surface area is 116 Å². The Hall–Kier alpha value is -0.930. The lowest BCUT2D eigenvalue weighted by Gasteiger charge is -2.18. The van der Waals surface area contributed by atoms with E-state index >= 15 is 0 Å². The zero-order chi connectivity index (χ0) is 13.9. The molecule has 0 aliphatic carbocycles. The Morgan fingerprint density at radius 2 is 2.11 bits per heavy atom. The molecule has 19 heavy (non-hydrogen) atoms. The molecule has 1 N–H and O–H groups in total. The third-order valence-electron chi connectivity index (χ3n) is 3.21. The minimum Gasteiger partial charge on any atom is -0.381 e. The van der Waals surface area contributed by atoms with Crippen LogP contribution in [0.3, 0.4) is 0 Å². The summed E-state index contributed by atoms with van der Waals surface area (Å²) in [5, 5.41) is 3.34. The van der Waals surface area contributed by atoms with Crippen LogP contribution in [0.2, 0.25) is 0 Å². The van der Waals surface area contributed by atoms with Crippen molar-refractivity contribution in [3.63, 3.8) is 0 Å². The van der Waals surface area contributed by atoms with Crippen LogP contribution in [-0.4, -0.2) is 26.3 Å². The molecule has 0 spiro atoms. The van der Waals surface area contributed by atoms with Crippen molar-refractivity contribution in [3.8, 4) is 0 Å². The zero-order valence-electron chi connectivity index (χ0n) is 12.1. The van der Waals surface area contributed by atoms with Crippen LogP contribution >= 0.6 is 0 Å². The highest BCUT2D eigenvalue weighted by Gasteiger charge is 2.11. The number of likely N-dealkylation sites (N-methyl/N-ethyl adjacent to an activating group) is 1. The van der Waals surface area contributed by atoms with Crippen LogP contribution in [0.5, 0.6) is 0 Å². The molecule has 108 valence electrons. The smallest absolute Gasteiger partial charge is 0.123 e. The van der Waals surface area contributed by atoms with Gasteiger partial charge in [0.05, 0.1) is 0 Å². The first kappa shape index (κ1) is 16.1. The molecule has 1 unspecified atom stereocenters. The molecule has 0 aliphatic rings. The zero-order valence-corrected chi connectivity index (χ0v) is 12.1. The van der Waals surface area contributed by atoms with Crippen LogP contribution in [0.25, 0.3) is 0 Å². The van der Waals surface area contributed by atoms with Gasteiger partial charge in [-0.2, -0.15) is 0 Å². The molecule has 0 amide bonds. The van der Waals surface area contributed by atoms with Crippen molar-refractivity contribution in [2.24, 2.45) is 0 Å². The van der Waals surface area contributed by atoms with Gasteiger partial charge in [-0.25, -0.2) is 4.39 Å². The van der Waals surface area contributed by atoms with Gasteiger partial charge in [0.2, 0.25) is 0 Å². The Bertz CT molecular complexity index is 343. The highest BCUT2D eigenvalue weighted by molar-refractivity contribution is 5.21. The molecule has 1 rings (SSSR count). The highest BCUT2D eigenvalue weighted by atomic mass is 19.1. The quantitative estimate of drug-likeness (QED) is 0.652. The maximum absolute atomic E-state index is 13.3. The third kappa shape index (κ3) is 6.69. The van der Waals surface area contributed by atoms with Crippen molar-refractivity contribution in [2.45, 2.75) is 39.0 Å². The second kappa shape index (κ2) is 9.93. The number of unbranched alkanes of at least 4 members (excludes halogenated alkanes) is 1. The molecule has 0 saturated heterocycles. The van der Waals surface area contributed by atoms with Crippen LogP contribution in [0.4, 0.5) is 4.39 Å². The fourth-order valence-corrected chi connectivity index (χ4v) is 2.04. The van der Waals surface area contributed by atoms with E-state index in [9.17, 15) is 4.39 Å². The van der Waals surface area contributed by atoms with Crippen molar-refractivity contribution >= 4 is 0 Å². The Balaban J connectivity index is 2.47. The summed E-state index contributed by atoms with van der Waals surface area (Å²) in [7, 11) is 0. The predicted octanol–water partition coefficient (Wildman–Crippen LogP) is 3.73. The molecule has 0 heterocycles. The highest BCUT2D eigenvalue weighted by Crippen LogP contribution is 2.20. The van der Waals surface area contributed by atoms with E-state index in [-0.39, 0.29) is 5.82 Å². The molecule has 1 atom stereocenters. The van der Waals surface area contributed by atoms with Gasteiger partial charge in [-0.05, 0) is 43.0 Å². The van der Waals surface area contributed by atoms with E-state index in [2.05, 4.69) is 19.2 Å². The number of hydrogen-bond donors (Lipinski definition) is 1. The van der Waals surface area contributed by atoms with Gasteiger partial charge >= 0.3 is 0 Å². The lowest BCUT2D eigenvalue weighted by atomic mass is 9.96. The third-order valence-corrected chi connectivity index (χ3v) is 3.21. The molecule has 0 aliphatic heterocycles. The summed E-state index contributed by atoms with van der Waals surface area (Å²) in [6.45, 7) is 7.62. The molecule has 1 aromatic rings. The van der Waals surface area contributed by atoms with E-state index in [1.807, 2.05) is 6.07 Å². The summed E-state index contributed by atoms with van der Waals surface area (Å²) >= 11 is 0. The maximum atomic E-state index is 13.3. The topological polar surface area (TPSA) is 21.3 Å². The summed E-state index contributed by atoms with van der Waals surface area (Å²) in [4.78, 5) is 0. The fraction of sp³-hybridized carbons (Fsp3) is 0.625. The largest absolute Gasteiger partial charge is 0.381 e. The number of hydrogen-bond acceptors (Lipinski definition) is 2. The van der Waals surface area contributed by atoms with Gasteiger partial charge in [0, 0.05) is 19.8 Å². The molecule has 2 nitrogen and oxygen atoms in total. The molecule has 0 fully saturated rings. The van der Waals surface area contributed by atoms with Crippen molar-refractivity contribution in [3.05, 3.63) is 35.6 Å². The summed E-state index contributed by atoms with van der Waals surface area (Å²) in [5.74, 6) is 0.156. The molecule has 0 aromatic heterocycles. The second-order valence-corrected chi connectivity index (χ2v) is 4.81. The van der Waals surface area contributed by atoms with Crippen molar-refractivity contribution in [1.82, 2.24) is 5.32 Å². The second-order valence-electron chi connectivity index (χ2n) is 4.81. The van der Waals surface area contributed by atoms with Gasteiger partial charge in [-0.3, -0.25) is 0 Å². The normalized spacial score (nSPS) is 12.6. The Kier molecular flexibility index (Phi) is 8.43. The predicted molar refractivity (Wildman–Crippen MR) is 78.0 cm³/mol. The number of benzene rings is 1. The van der Waals surface area contributed by atoms with E-state index in [0.29, 0.717) is 5.92 Å². The van der Waals surface area contributed by atoms with Crippen molar-refractivity contribution < 1.29 is 9.13 Å². The summed E-state index contributed by atoms with van der Waals surface area (Å²) in [5.41, 5.74) is 1.06. The molecular weight excluding hydrogens is 241 g/mol. The first-order valence-corrected chi connectivity index (χ1v) is 7.31. The van der Waals surface area contributed by atoms with Gasteiger partial charge in [-0.15, -0.1) is 0 Å². The minimum atomic E-state index is -0.161. The van der Waals surface area contributed by atoms with Gasteiger partial charge in [0.15, 0.2) is 0 Å². The number of halogens is 1. The molecule has 3 heteroatoms. The Morgan fingerprint density at radius 3 is 2.79 bits per heavy atom. The molecule has 0 saturated carbocycles. The monoisotopic (exact) mass is 267 g/mol. The first-order chi connectivity index (χ1) is 9.27. The lowest BCUT2D eigenvalue weighted by molar-refractivity contribution is 0.124. The van der Waals surface area contributed by atoms with Gasteiger partial charge in [0.1, 0.15) is 5.82 Å². The standard InChI is InChI=1S/C16H26FNO/c1-3-5-10-19-11-9-15(13-18-4-2)14-7-6-8-16(17)12-14/h6-8,12,15,18H,3-5,9-11,13H2,1-2H3. The van der Waals surface area contributed by atoms with Crippen LogP contribution in [0, 0.1) is 5.82 Å². The SMILES string of the molecule is CCCCOCCC(CNCC)c1cccc(F)c1. The van der Waals surface area contributed by atoms with Crippen molar-refractivity contribution in [1.29, 1.82) is 0 Å². The van der Waals surface area contributed by atoms with E-state index in [1.54, 1.807) is 12.1 Å². The number of rotatable bonds is 10. The van der Waals surface area contributed by atoms with Gasteiger partial charge < -0.3 is 10.1 Å². The van der Waals surface area contributed by atoms with Crippen LogP contribution < -0.4 is 5.32 Å². The van der Waals surface area contributed by atoms with E-state index in [1.165, 1.54) is 6.07 Å².